The predicted molar refractivity (Wildman–Crippen MR) is 77.4 cm³/mol. The van der Waals surface area contributed by atoms with Crippen molar-refractivity contribution in [1.29, 1.82) is 0 Å². The molecular formula is C14H30O2Si. The molecule has 0 aromatic rings. The van der Waals surface area contributed by atoms with E-state index in [9.17, 15) is 0 Å². The minimum Gasteiger partial charge on any atom is -0.395 e. The molecule has 0 fully saturated rings. The molecule has 0 aromatic heterocycles. The largest absolute Gasteiger partial charge is 0.395 e. The van der Waals surface area contributed by atoms with Crippen LogP contribution >= 0.6 is 0 Å². The summed E-state index contributed by atoms with van der Waals surface area (Å²) in [5.41, 5.74) is 2.14. The normalized spacial score (nSPS) is 12.5. The van der Waals surface area contributed by atoms with Crippen LogP contribution in [0.15, 0.2) is 11.8 Å². The maximum absolute atomic E-state index is 5.39. The van der Waals surface area contributed by atoms with E-state index in [0.717, 1.165) is 6.42 Å². The van der Waals surface area contributed by atoms with Crippen molar-refractivity contribution in [3.05, 3.63) is 11.8 Å². The second-order valence-electron chi connectivity index (χ2n) is 4.74. The Balaban J connectivity index is 3.41. The lowest BCUT2D eigenvalue weighted by Gasteiger charge is -2.17. The number of hydrogen-bond donors (Lipinski definition) is 0. The smallest absolute Gasteiger partial charge is 0.360 e. The molecule has 0 bridgehead atoms. The lowest BCUT2D eigenvalue weighted by molar-refractivity contribution is 0.264. The Kier molecular flexibility index (Phi) is 10.9. The zero-order chi connectivity index (χ0) is 13.0. The van der Waals surface area contributed by atoms with Gasteiger partial charge in [-0.3, -0.25) is 0 Å². The molecule has 0 radical (unpaired) electrons. The molecular weight excluding hydrogens is 228 g/mol. The Bertz CT molecular complexity index is 189. The molecule has 0 aliphatic carbocycles. The first-order valence-corrected chi connectivity index (χ1v) is 9.36. The third-order valence-electron chi connectivity index (χ3n) is 3.21. The molecule has 0 N–H and O–H groups in total. The molecule has 0 saturated carbocycles. The van der Waals surface area contributed by atoms with Gasteiger partial charge in [0, 0.05) is 14.2 Å². The van der Waals surface area contributed by atoms with Gasteiger partial charge in [0.15, 0.2) is 0 Å². The fourth-order valence-corrected chi connectivity index (χ4v) is 2.77. The molecule has 17 heavy (non-hydrogen) atoms. The van der Waals surface area contributed by atoms with Crippen LogP contribution in [-0.4, -0.2) is 22.8 Å². The van der Waals surface area contributed by atoms with Gasteiger partial charge in [-0.25, -0.2) is 0 Å². The monoisotopic (exact) mass is 258 g/mol. The van der Waals surface area contributed by atoms with Gasteiger partial charge in [-0.1, -0.05) is 51.5 Å². The van der Waals surface area contributed by atoms with Crippen LogP contribution in [0.3, 0.4) is 0 Å². The first kappa shape index (κ1) is 16.9. The quantitative estimate of drug-likeness (QED) is 0.399. The molecule has 0 aromatic carbocycles. The van der Waals surface area contributed by atoms with Crippen molar-refractivity contribution in [2.24, 2.45) is 0 Å². The van der Waals surface area contributed by atoms with Crippen LogP contribution in [0.2, 0.25) is 6.55 Å². The van der Waals surface area contributed by atoms with E-state index in [1.807, 2.05) is 0 Å². The van der Waals surface area contributed by atoms with Crippen LogP contribution in [0.25, 0.3) is 0 Å². The summed E-state index contributed by atoms with van der Waals surface area (Å²) in [6.45, 7) is 4.32. The Hall–Kier alpha value is -0.123. The Morgan fingerprint density at radius 1 is 0.882 bits per heavy atom. The van der Waals surface area contributed by atoms with Crippen molar-refractivity contribution in [2.45, 2.75) is 64.8 Å². The molecule has 2 nitrogen and oxygen atoms in total. The Labute approximate surface area is 109 Å². The highest BCUT2D eigenvalue weighted by Gasteiger charge is 2.23. The van der Waals surface area contributed by atoms with Crippen molar-refractivity contribution >= 4 is 8.56 Å². The summed E-state index contributed by atoms with van der Waals surface area (Å²) in [5.74, 6) is 0. The van der Waals surface area contributed by atoms with E-state index in [-0.39, 0.29) is 0 Å². The molecule has 3 heteroatoms. The van der Waals surface area contributed by atoms with Gasteiger partial charge in [0.05, 0.1) is 0 Å². The van der Waals surface area contributed by atoms with E-state index in [1.165, 1.54) is 44.9 Å². The first-order valence-electron chi connectivity index (χ1n) is 6.96. The Morgan fingerprint density at radius 3 is 1.94 bits per heavy atom. The van der Waals surface area contributed by atoms with Crippen molar-refractivity contribution < 1.29 is 8.85 Å². The van der Waals surface area contributed by atoms with Gasteiger partial charge in [0.2, 0.25) is 0 Å². The fourth-order valence-electron chi connectivity index (χ4n) is 1.74. The van der Waals surface area contributed by atoms with Gasteiger partial charge in [0.25, 0.3) is 0 Å². The number of hydrogen-bond acceptors (Lipinski definition) is 2. The predicted octanol–water partition coefficient (Wildman–Crippen LogP) is 4.59. The lowest BCUT2D eigenvalue weighted by Crippen LogP contribution is -2.33. The van der Waals surface area contributed by atoms with Crippen LogP contribution in [0.1, 0.15) is 58.3 Å². The highest BCUT2D eigenvalue weighted by molar-refractivity contribution is 6.71. The summed E-state index contributed by atoms with van der Waals surface area (Å²) in [4.78, 5) is 0. The summed E-state index contributed by atoms with van der Waals surface area (Å²) < 4.78 is 10.8. The third-order valence-corrected chi connectivity index (χ3v) is 5.67. The maximum atomic E-state index is 5.39. The van der Waals surface area contributed by atoms with Crippen LogP contribution in [0.4, 0.5) is 0 Å². The lowest BCUT2D eigenvalue weighted by atomic mass is 10.1. The van der Waals surface area contributed by atoms with Gasteiger partial charge >= 0.3 is 8.56 Å². The maximum Gasteiger partial charge on any atom is 0.360 e. The number of unbranched alkanes of at least 4 members (excludes halogenated alkanes) is 7. The topological polar surface area (TPSA) is 18.5 Å². The molecule has 0 atom stereocenters. The van der Waals surface area contributed by atoms with E-state index < -0.39 is 8.56 Å². The van der Waals surface area contributed by atoms with Gasteiger partial charge < -0.3 is 8.85 Å². The van der Waals surface area contributed by atoms with Gasteiger partial charge in [-0.15, -0.1) is 0 Å². The highest BCUT2D eigenvalue weighted by Crippen LogP contribution is 2.10. The molecule has 102 valence electrons. The molecule has 0 spiro atoms. The molecule has 0 aliphatic rings. The van der Waals surface area contributed by atoms with Gasteiger partial charge in [-0.05, 0) is 25.1 Å². The summed E-state index contributed by atoms with van der Waals surface area (Å²) >= 11 is 0. The third kappa shape index (κ3) is 9.57. The Morgan fingerprint density at radius 2 is 1.41 bits per heavy atom. The van der Waals surface area contributed by atoms with Crippen LogP contribution in [0, 0.1) is 0 Å². The van der Waals surface area contributed by atoms with E-state index >= 15 is 0 Å². The van der Waals surface area contributed by atoms with Crippen LogP contribution in [0.5, 0.6) is 0 Å². The minimum absolute atomic E-state index is 1.16. The zero-order valence-electron chi connectivity index (χ0n) is 12.1. The zero-order valence-corrected chi connectivity index (χ0v) is 13.1. The van der Waals surface area contributed by atoms with E-state index in [1.54, 1.807) is 14.2 Å². The van der Waals surface area contributed by atoms with Crippen LogP contribution < -0.4 is 0 Å². The summed E-state index contributed by atoms with van der Waals surface area (Å²) in [5, 5.41) is 0. The van der Waals surface area contributed by atoms with Gasteiger partial charge in [-0.2, -0.15) is 0 Å². The van der Waals surface area contributed by atoms with E-state index in [0.29, 0.717) is 0 Å². The first-order chi connectivity index (χ1) is 8.18. The second kappa shape index (κ2) is 11.0. The highest BCUT2D eigenvalue weighted by atomic mass is 28.4. The molecule has 0 aliphatic heterocycles. The molecule has 0 amide bonds. The number of allylic oxidation sites excluding steroid dienone is 1. The SMILES string of the molecule is CCCCCCCCC/C=C/[Si](C)(OC)OC. The summed E-state index contributed by atoms with van der Waals surface area (Å²) in [6, 6.07) is 0. The van der Waals surface area contributed by atoms with Crippen molar-refractivity contribution in [2.75, 3.05) is 14.2 Å². The molecule has 0 unspecified atom stereocenters. The summed E-state index contributed by atoms with van der Waals surface area (Å²) in [6.07, 6.45) is 13.0. The van der Waals surface area contributed by atoms with Crippen LogP contribution in [-0.2, 0) is 8.85 Å². The summed E-state index contributed by atoms with van der Waals surface area (Å²) in [7, 11) is 1.50. The number of rotatable bonds is 11. The van der Waals surface area contributed by atoms with Crippen molar-refractivity contribution in [3.8, 4) is 0 Å². The fraction of sp³-hybridized carbons (Fsp3) is 0.857. The molecule has 0 saturated heterocycles. The average Bonchev–Trinajstić information content (AvgIpc) is 2.36. The molecule has 0 heterocycles. The second-order valence-corrected chi connectivity index (χ2v) is 7.92. The van der Waals surface area contributed by atoms with Gasteiger partial charge in [0.1, 0.15) is 0 Å². The standard InChI is InChI=1S/C14H30O2Si/c1-5-6-7-8-9-10-11-12-13-14-17(4,15-2)16-3/h13-14H,5-12H2,1-4H3/b14-13+. The average molecular weight is 258 g/mol. The van der Waals surface area contributed by atoms with E-state index in [4.69, 9.17) is 8.85 Å². The molecule has 0 rings (SSSR count). The van der Waals surface area contributed by atoms with Crippen molar-refractivity contribution in [1.82, 2.24) is 0 Å². The van der Waals surface area contributed by atoms with E-state index in [2.05, 4.69) is 25.2 Å². The van der Waals surface area contributed by atoms with Crippen molar-refractivity contribution in [3.63, 3.8) is 0 Å². The minimum atomic E-state index is -1.96.